The van der Waals surface area contributed by atoms with Crippen molar-refractivity contribution >= 4 is 23.4 Å². The molecule has 1 aromatic carbocycles. The van der Waals surface area contributed by atoms with Crippen LogP contribution in [0.5, 0.6) is 0 Å². The van der Waals surface area contributed by atoms with Crippen LogP contribution in [0.25, 0.3) is 0 Å². The molecule has 1 N–H and O–H groups in total. The molecule has 100 valence electrons. The molecule has 1 aromatic heterocycles. The van der Waals surface area contributed by atoms with Crippen molar-refractivity contribution in [2.75, 3.05) is 11.1 Å². The van der Waals surface area contributed by atoms with E-state index in [4.69, 9.17) is 4.42 Å². The maximum Gasteiger partial charge on any atom is 0.234 e. The number of aromatic nitrogens is 1. The van der Waals surface area contributed by atoms with Gasteiger partial charge in [-0.25, -0.2) is 4.98 Å². The zero-order valence-electron chi connectivity index (χ0n) is 11.0. The van der Waals surface area contributed by atoms with Gasteiger partial charge >= 0.3 is 0 Å². The smallest absolute Gasteiger partial charge is 0.234 e. The van der Waals surface area contributed by atoms with Gasteiger partial charge in [0.15, 0.2) is 0 Å². The fourth-order valence-corrected chi connectivity index (χ4v) is 2.21. The van der Waals surface area contributed by atoms with Crippen LogP contribution in [0.4, 0.5) is 5.69 Å². The second-order valence-electron chi connectivity index (χ2n) is 4.16. The topological polar surface area (TPSA) is 55.1 Å². The Morgan fingerprint density at radius 1 is 1.32 bits per heavy atom. The monoisotopic (exact) mass is 276 g/mol. The van der Waals surface area contributed by atoms with Crippen molar-refractivity contribution in [2.45, 2.75) is 19.6 Å². The zero-order valence-corrected chi connectivity index (χ0v) is 11.8. The number of thioether (sulfide) groups is 1. The van der Waals surface area contributed by atoms with Crippen LogP contribution in [-0.2, 0) is 10.5 Å². The van der Waals surface area contributed by atoms with Gasteiger partial charge in [0, 0.05) is 5.69 Å². The van der Waals surface area contributed by atoms with E-state index in [0.717, 1.165) is 17.1 Å². The fraction of sp³-hybridized carbons (Fsp3) is 0.286. The molecule has 0 aliphatic rings. The predicted molar refractivity (Wildman–Crippen MR) is 77.2 cm³/mol. The van der Waals surface area contributed by atoms with Crippen molar-refractivity contribution in [1.82, 2.24) is 4.98 Å². The third-order valence-electron chi connectivity index (χ3n) is 2.59. The number of nitrogens with one attached hydrogen (secondary N) is 1. The molecule has 5 heteroatoms. The van der Waals surface area contributed by atoms with Gasteiger partial charge in [-0.2, -0.15) is 0 Å². The number of anilines is 1. The number of hydrogen-bond donors (Lipinski definition) is 1. The van der Waals surface area contributed by atoms with E-state index in [2.05, 4.69) is 10.3 Å². The Morgan fingerprint density at radius 3 is 2.68 bits per heavy atom. The zero-order chi connectivity index (χ0) is 13.7. The number of oxazole rings is 1. The van der Waals surface area contributed by atoms with Gasteiger partial charge in [0.05, 0.1) is 17.2 Å². The second-order valence-corrected chi connectivity index (χ2v) is 5.14. The number of rotatable bonds is 5. The van der Waals surface area contributed by atoms with E-state index in [1.807, 2.05) is 44.2 Å². The number of nitrogens with zero attached hydrogens (tertiary/aromatic N) is 1. The lowest BCUT2D eigenvalue weighted by molar-refractivity contribution is -0.113. The highest BCUT2D eigenvalue weighted by Crippen LogP contribution is 2.15. The van der Waals surface area contributed by atoms with Crippen LogP contribution in [-0.4, -0.2) is 16.6 Å². The van der Waals surface area contributed by atoms with E-state index in [1.54, 1.807) is 0 Å². The molecule has 2 rings (SSSR count). The Labute approximate surface area is 116 Å². The molecule has 0 unspecified atom stereocenters. The van der Waals surface area contributed by atoms with Gasteiger partial charge in [0.1, 0.15) is 5.76 Å². The summed E-state index contributed by atoms with van der Waals surface area (Å²) in [5.74, 6) is 2.49. The summed E-state index contributed by atoms with van der Waals surface area (Å²) in [7, 11) is 0. The highest BCUT2D eigenvalue weighted by Gasteiger charge is 2.07. The predicted octanol–water partition coefficient (Wildman–Crippen LogP) is 3.16. The second kappa shape index (κ2) is 6.43. The summed E-state index contributed by atoms with van der Waals surface area (Å²) < 4.78 is 5.45. The number of amides is 1. The van der Waals surface area contributed by atoms with E-state index in [0.29, 0.717) is 17.4 Å². The molecule has 0 bridgehead atoms. The number of benzene rings is 1. The van der Waals surface area contributed by atoms with Crippen molar-refractivity contribution in [3.63, 3.8) is 0 Å². The Morgan fingerprint density at radius 2 is 2.05 bits per heavy atom. The van der Waals surface area contributed by atoms with E-state index >= 15 is 0 Å². The SMILES string of the molecule is Cc1nc(CSCC(=O)Nc2ccccc2)oc1C. The number of para-hydroxylation sites is 1. The molecule has 0 aliphatic heterocycles. The van der Waals surface area contributed by atoms with Crippen LogP contribution in [0.15, 0.2) is 34.7 Å². The first-order valence-corrected chi connectivity index (χ1v) is 7.16. The van der Waals surface area contributed by atoms with Crippen LogP contribution in [0.3, 0.4) is 0 Å². The molecule has 1 heterocycles. The van der Waals surface area contributed by atoms with Crippen LogP contribution in [0, 0.1) is 13.8 Å². The minimum Gasteiger partial charge on any atom is -0.445 e. The summed E-state index contributed by atoms with van der Waals surface area (Å²) in [6.45, 7) is 3.80. The summed E-state index contributed by atoms with van der Waals surface area (Å²) in [6.07, 6.45) is 0. The largest absolute Gasteiger partial charge is 0.445 e. The number of hydrogen-bond acceptors (Lipinski definition) is 4. The summed E-state index contributed by atoms with van der Waals surface area (Å²) in [5, 5.41) is 2.83. The molecule has 0 spiro atoms. The summed E-state index contributed by atoms with van der Waals surface area (Å²) in [6, 6.07) is 9.42. The van der Waals surface area contributed by atoms with Gasteiger partial charge in [-0.3, -0.25) is 4.79 Å². The molecule has 0 aliphatic carbocycles. The lowest BCUT2D eigenvalue weighted by Crippen LogP contribution is -2.13. The molecular weight excluding hydrogens is 260 g/mol. The normalized spacial score (nSPS) is 10.4. The molecule has 2 aromatic rings. The van der Waals surface area contributed by atoms with Gasteiger partial charge in [-0.15, -0.1) is 11.8 Å². The number of aryl methyl sites for hydroxylation is 2. The van der Waals surface area contributed by atoms with Crippen LogP contribution >= 0.6 is 11.8 Å². The first-order valence-electron chi connectivity index (χ1n) is 6.00. The molecule has 0 fully saturated rings. The molecule has 4 nitrogen and oxygen atoms in total. The van der Waals surface area contributed by atoms with Gasteiger partial charge in [-0.1, -0.05) is 18.2 Å². The Kier molecular flexibility index (Phi) is 4.63. The van der Waals surface area contributed by atoms with Crippen molar-refractivity contribution in [3.8, 4) is 0 Å². The summed E-state index contributed by atoms with van der Waals surface area (Å²) in [4.78, 5) is 16.0. The van der Waals surface area contributed by atoms with E-state index in [9.17, 15) is 4.79 Å². The number of carbonyl (C=O) groups is 1. The van der Waals surface area contributed by atoms with Gasteiger partial charge in [0.25, 0.3) is 0 Å². The molecule has 0 saturated heterocycles. The minimum atomic E-state index is -0.0174. The van der Waals surface area contributed by atoms with Crippen molar-refractivity contribution in [2.24, 2.45) is 0 Å². The Bertz CT molecular complexity index is 532. The molecule has 1 amide bonds. The summed E-state index contributed by atoms with van der Waals surface area (Å²) >= 11 is 1.49. The third kappa shape index (κ3) is 4.13. The number of carbonyl (C=O) groups excluding carboxylic acids is 1. The van der Waals surface area contributed by atoms with Crippen molar-refractivity contribution in [1.29, 1.82) is 0 Å². The lowest BCUT2D eigenvalue weighted by Gasteiger charge is -2.03. The van der Waals surface area contributed by atoms with Gasteiger partial charge in [-0.05, 0) is 26.0 Å². The third-order valence-corrected chi connectivity index (χ3v) is 3.51. The van der Waals surface area contributed by atoms with Gasteiger partial charge < -0.3 is 9.73 Å². The van der Waals surface area contributed by atoms with E-state index in [1.165, 1.54) is 11.8 Å². The first kappa shape index (κ1) is 13.7. The molecule has 0 saturated carbocycles. The quantitative estimate of drug-likeness (QED) is 0.911. The highest BCUT2D eigenvalue weighted by atomic mass is 32.2. The lowest BCUT2D eigenvalue weighted by atomic mass is 10.3. The van der Waals surface area contributed by atoms with Crippen LogP contribution < -0.4 is 5.32 Å². The first-order chi connectivity index (χ1) is 9.15. The summed E-state index contributed by atoms with van der Waals surface area (Å²) in [5.41, 5.74) is 1.72. The Balaban J connectivity index is 1.75. The average molecular weight is 276 g/mol. The Hall–Kier alpha value is -1.75. The van der Waals surface area contributed by atoms with E-state index < -0.39 is 0 Å². The molecular formula is C14H16N2O2S. The molecule has 19 heavy (non-hydrogen) atoms. The van der Waals surface area contributed by atoms with Crippen LogP contribution in [0.2, 0.25) is 0 Å². The standard InChI is InChI=1S/C14H16N2O2S/c1-10-11(2)18-14(15-10)9-19-8-13(17)16-12-6-4-3-5-7-12/h3-7H,8-9H2,1-2H3,(H,16,17). The average Bonchev–Trinajstić information content (AvgIpc) is 2.70. The van der Waals surface area contributed by atoms with Crippen molar-refractivity contribution in [3.05, 3.63) is 47.7 Å². The van der Waals surface area contributed by atoms with Crippen molar-refractivity contribution < 1.29 is 9.21 Å². The maximum absolute atomic E-state index is 11.7. The molecule has 0 atom stereocenters. The highest BCUT2D eigenvalue weighted by molar-refractivity contribution is 7.99. The van der Waals surface area contributed by atoms with E-state index in [-0.39, 0.29) is 5.91 Å². The minimum absolute atomic E-state index is 0.0174. The van der Waals surface area contributed by atoms with Gasteiger partial charge in [0.2, 0.25) is 11.8 Å². The van der Waals surface area contributed by atoms with Crippen LogP contribution in [0.1, 0.15) is 17.3 Å². The fourth-order valence-electron chi connectivity index (χ4n) is 1.55. The maximum atomic E-state index is 11.7. The molecule has 0 radical (unpaired) electrons.